The fourth-order valence-corrected chi connectivity index (χ4v) is 1.89. The van der Waals surface area contributed by atoms with Crippen molar-refractivity contribution in [3.8, 4) is 5.75 Å². The van der Waals surface area contributed by atoms with Crippen LogP contribution in [0.5, 0.6) is 5.75 Å². The van der Waals surface area contributed by atoms with Crippen LogP contribution in [0.2, 0.25) is 0 Å². The Morgan fingerprint density at radius 2 is 1.75 bits per heavy atom. The number of carbonyl (C=O) groups is 2. The van der Waals surface area contributed by atoms with Gasteiger partial charge in [-0.1, -0.05) is 17.7 Å². The highest BCUT2D eigenvalue weighted by atomic mass is 19.1. The first kappa shape index (κ1) is 17.6. The highest BCUT2D eigenvalue weighted by Crippen LogP contribution is 2.12. The van der Waals surface area contributed by atoms with Crippen molar-refractivity contribution in [3.63, 3.8) is 0 Å². The van der Waals surface area contributed by atoms with Gasteiger partial charge in [0.25, 0.3) is 0 Å². The van der Waals surface area contributed by atoms with Crippen molar-refractivity contribution in [2.75, 3.05) is 13.2 Å². The summed E-state index contributed by atoms with van der Waals surface area (Å²) in [6, 6.07) is 9.82. The zero-order valence-electron chi connectivity index (χ0n) is 13.1. The van der Waals surface area contributed by atoms with Crippen molar-refractivity contribution >= 4 is 11.8 Å². The Bertz CT molecular complexity index is 726. The summed E-state index contributed by atoms with van der Waals surface area (Å²) < 4.78 is 36.5. The third-order valence-electron chi connectivity index (χ3n) is 3.19. The SMILES string of the molecule is Cc1ccc(OCCC(=O)OCC(=O)c2cc(F)ccc2F)cc1. The Labute approximate surface area is 138 Å². The van der Waals surface area contributed by atoms with Crippen LogP contribution in [-0.4, -0.2) is 25.0 Å². The number of ether oxygens (including phenoxy) is 2. The number of carbonyl (C=O) groups excluding carboxylic acids is 2. The zero-order valence-corrected chi connectivity index (χ0v) is 13.1. The number of esters is 1. The molecule has 2 rings (SSSR count). The molecule has 0 aliphatic heterocycles. The monoisotopic (exact) mass is 334 g/mol. The average Bonchev–Trinajstić information content (AvgIpc) is 2.56. The molecule has 0 saturated heterocycles. The fourth-order valence-electron chi connectivity index (χ4n) is 1.89. The molecule has 0 N–H and O–H groups in total. The molecule has 126 valence electrons. The first-order chi connectivity index (χ1) is 11.5. The highest BCUT2D eigenvalue weighted by Gasteiger charge is 2.15. The van der Waals surface area contributed by atoms with Crippen molar-refractivity contribution < 1.29 is 27.8 Å². The highest BCUT2D eigenvalue weighted by molar-refractivity contribution is 5.98. The van der Waals surface area contributed by atoms with Gasteiger partial charge in [-0.25, -0.2) is 8.78 Å². The van der Waals surface area contributed by atoms with Crippen LogP contribution >= 0.6 is 0 Å². The standard InChI is InChI=1S/C18H16F2O4/c1-12-2-5-14(6-3-12)23-9-8-18(22)24-11-17(21)15-10-13(19)4-7-16(15)20/h2-7,10H,8-9,11H2,1H3. The van der Waals surface area contributed by atoms with Crippen LogP contribution in [0.3, 0.4) is 0 Å². The molecule has 0 aliphatic carbocycles. The number of ketones is 1. The molecule has 6 heteroatoms. The van der Waals surface area contributed by atoms with Crippen LogP contribution in [0.15, 0.2) is 42.5 Å². The Balaban J connectivity index is 1.75. The fraction of sp³-hybridized carbons (Fsp3) is 0.222. The Morgan fingerprint density at radius 3 is 2.46 bits per heavy atom. The molecule has 4 nitrogen and oxygen atoms in total. The Morgan fingerprint density at radius 1 is 1.04 bits per heavy atom. The summed E-state index contributed by atoms with van der Waals surface area (Å²) in [5.41, 5.74) is 0.642. The molecule has 0 aliphatic rings. The molecule has 0 atom stereocenters. The molecule has 2 aromatic carbocycles. The summed E-state index contributed by atoms with van der Waals surface area (Å²) in [6.45, 7) is 1.38. The first-order valence-corrected chi connectivity index (χ1v) is 7.29. The molecule has 0 saturated carbocycles. The summed E-state index contributed by atoms with van der Waals surface area (Å²) in [6.07, 6.45) is -0.0627. The van der Waals surface area contributed by atoms with Gasteiger partial charge in [-0.2, -0.15) is 0 Å². The number of hydrogen-bond acceptors (Lipinski definition) is 4. The quantitative estimate of drug-likeness (QED) is 0.575. The Hall–Kier alpha value is -2.76. The number of benzene rings is 2. The van der Waals surface area contributed by atoms with E-state index in [4.69, 9.17) is 9.47 Å². The maximum atomic E-state index is 13.4. The third kappa shape index (κ3) is 5.15. The predicted molar refractivity (Wildman–Crippen MR) is 82.9 cm³/mol. The lowest BCUT2D eigenvalue weighted by atomic mass is 10.1. The van der Waals surface area contributed by atoms with E-state index < -0.39 is 35.6 Å². The van der Waals surface area contributed by atoms with E-state index in [1.165, 1.54) is 0 Å². The van der Waals surface area contributed by atoms with Gasteiger partial charge in [0.2, 0.25) is 5.78 Å². The van der Waals surface area contributed by atoms with Gasteiger partial charge < -0.3 is 9.47 Å². The molecular formula is C18H16F2O4. The van der Waals surface area contributed by atoms with E-state index >= 15 is 0 Å². The minimum Gasteiger partial charge on any atom is -0.493 e. The van der Waals surface area contributed by atoms with Gasteiger partial charge in [0, 0.05) is 0 Å². The minimum absolute atomic E-state index is 0.0627. The molecule has 0 aromatic heterocycles. The number of aryl methyl sites for hydroxylation is 1. The van der Waals surface area contributed by atoms with Gasteiger partial charge in [0.15, 0.2) is 6.61 Å². The maximum Gasteiger partial charge on any atom is 0.309 e. The molecule has 0 unspecified atom stereocenters. The van der Waals surface area contributed by atoms with E-state index in [2.05, 4.69) is 0 Å². The minimum atomic E-state index is -0.861. The molecule has 0 heterocycles. The molecule has 2 aromatic rings. The van der Waals surface area contributed by atoms with Gasteiger partial charge in [-0.15, -0.1) is 0 Å². The normalized spacial score (nSPS) is 10.3. The second-order valence-electron chi connectivity index (χ2n) is 5.12. The third-order valence-corrected chi connectivity index (χ3v) is 3.19. The van der Waals surface area contributed by atoms with Crippen LogP contribution in [-0.2, 0) is 9.53 Å². The lowest BCUT2D eigenvalue weighted by Gasteiger charge is -2.07. The number of Topliss-reactive ketones (excluding diaryl/α,β-unsaturated/α-hetero) is 1. The summed E-state index contributed by atoms with van der Waals surface area (Å²) >= 11 is 0. The number of rotatable bonds is 7. The van der Waals surface area contributed by atoms with Gasteiger partial charge in [-0.3, -0.25) is 9.59 Å². The molecule has 0 radical (unpaired) electrons. The topological polar surface area (TPSA) is 52.6 Å². The number of halogens is 2. The summed E-state index contributed by atoms with van der Waals surface area (Å²) in [5.74, 6) is -2.45. The van der Waals surface area contributed by atoms with Gasteiger partial charge in [-0.05, 0) is 37.3 Å². The van der Waals surface area contributed by atoms with Crippen LogP contribution in [0.4, 0.5) is 8.78 Å². The number of hydrogen-bond donors (Lipinski definition) is 0. The summed E-state index contributed by atoms with van der Waals surface area (Å²) in [4.78, 5) is 23.3. The molecule has 0 spiro atoms. The second kappa shape index (κ2) is 8.19. The smallest absolute Gasteiger partial charge is 0.309 e. The molecular weight excluding hydrogens is 318 g/mol. The van der Waals surface area contributed by atoms with Gasteiger partial charge in [0.1, 0.15) is 17.4 Å². The van der Waals surface area contributed by atoms with E-state index in [9.17, 15) is 18.4 Å². The summed E-state index contributed by atoms with van der Waals surface area (Å²) in [5, 5.41) is 0. The van der Waals surface area contributed by atoms with Crippen LogP contribution < -0.4 is 4.74 Å². The van der Waals surface area contributed by atoms with Crippen molar-refractivity contribution in [1.82, 2.24) is 0 Å². The molecule has 0 bridgehead atoms. The van der Waals surface area contributed by atoms with Crippen LogP contribution in [0.1, 0.15) is 22.3 Å². The predicted octanol–water partition coefficient (Wildman–Crippen LogP) is 3.47. The van der Waals surface area contributed by atoms with Crippen molar-refractivity contribution in [2.24, 2.45) is 0 Å². The average molecular weight is 334 g/mol. The first-order valence-electron chi connectivity index (χ1n) is 7.29. The van der Waals surface area contributed by atoms with Crippen LogP contribution in [0.25, 0.3) is 0 Å². The lowest BCUT2D eigenvalue weighted by Crippen LogP contribution is -2.17. The van der Waals surface area contributed by atoms with Crippen molar-refractivity contribution in [2.45, 2.75) is 13.3 Å². The molecule has 24 heavy (non-hydrogen) atoms. The summed E-state index contributed by atoms with van der Waals surface area (Å²) in [7, 11) is 0. The van der Waals surface area contributed by atoms with E-state index in [1.54, 1.807) is 12.1 Å². The van der Waals surface area contributed by atoms with Gasteiger partial charge in [0.05, 0.1) is 18.6 Å². The zero-order chi connectivity index (χ0) is 17.5. The van der Waals surface area contributed by atoms with Crippen molar-refractivity contribution in [3.05, 3.63) is 65.2 Å². The molecule has 0 amide bonds. The Kier molecular flexibility index (Phi) is 6.01. The van der Waals surface area contributed by atoms with E-state index in [-0.39, 0.29) is 13.0 Å². The van der Waals surface area contributed by atoms with Crippen molar-refractivity contribution in [1.29, 1.82) is 0 Å². The molecule has 0 fully saturated rings. The van der Waals surface area contributed by atoms with Crippen LogP contribution in [0, 0.1) is 18.6 Å². The largest absolute Gasteiger partial charge is 0.493 e. The van der Waals surface area contributed by atoms with Gasteiger partial charge >= 0.3 is 5.97 Å². The van der Waals surface area contributed by atoms with E-state index in [0.29, 0.717) is 5.75 Å². The maximum absolute atomic E-state index is 13.4. The van der Waals surface area contributed by atoms with E-state index in [1.807, 2.05) is 19.1 Å². The van der Waals surface area contributed by atoms with E-state index in [0.717, 1.165) is 23.8 Å². The lowest BCUT2D eigenvalue weighted by molar-refractivity contribution is -0.143. The second-order valence-corrected chi connectivity index (χ2v) is 5.12.